The molecule has 0 saturated carbocycles. The largest absolute Gasteiger partial charge is 0.345 e. The first-order valence-electron chi connectivity index (χ1n) is 9.15. The van der Waals surface area contributed by atoms with E-state index in [1.165, 1.54) is 0 Å². The van der Waals surface area contributed by atoms with Crippen LogP contribution in [-0.2, 0) is 10.0 Å². The molecule has 0 bridgehead atoms. The number of para-hydroxylation sites is 1. The molecule has 2 aromatic carbocycles. The number of rotatable bonds is 6. The van der Waals surface area contributed by atoms with Gasteiger partial charge in [-0.15, -0.1) is 0 Å². The molecule has 7 heteroatoms. The lowest BCUT2D eigenvalue weighted by Gasteiger charge is -2.19. The quantitative estimate of drug-likeness (QED) is 0.646. The second-order valence-corrected chi connectivity index (χ2v) is 8.60. The number of benzene rings is 2. The minimum atomic E-state index is -3.42. The van der Waals surface area contributed by atoms with Gasteiger partial charge < -0.3 is 5.32 Å². The average molecular weight is 410 g/mol. The van der Waals surface area contributed by atoms with Gasteiger partial charge >= 0.3 is 0 Å². The molecule has 0 aliphatic rings. The molecule has 1 unspecified atom stereocenters. The number of nitrogens with zero attached hydrogens (tertiary/aromatic N) is 1. The number of aromatic nitrogens is 1. The number of carbonyl (C=O) groups excluding carboxylic acids is 1. The number of carbonyl (C=O) groups is 1. The topological polar surface area (TPSA) is 88.2 Å². The molecular weight excluding hydrogens is 386 g/mol. The van der Waals surface area contributed by atoms with Crippen LogP contribution in [0.1, 0.15) is 34.6 Å². The molecular formula is C22H23N3O3S. The third-order valence-electron chi connectivity index (χ3n) is 4.47. The lowest BCUT2D eigenvalue weighted by molar-refractivity contribution is 0.0939. The Morgan fingerprint density at radius 1 is 0.966 bits per heavy atom. The van der Waals surface area contributed by atoms with Gasteiger partial charge in [0.15, 0.2) is 0 Å². The molecule has 0 aliphatic heterocycles. The van der Waals surface area contributed by atoms with E-state index in [4.69, 9.17) is 0 Å². The Balaban J connectivity index is 1.80. The summed E-state index contributed by atoms with van der Waals surface area (Å²) in [5.41, 5.74) is 4.01. The number of hydrogen-bond donors (Lipinski definition) is 2. The molecule has 29 heavy (non-hydrogen) atoms. The molecule has 1 atom stereocenters. The lowest BCUT2D eigenvalue weighted by Crippen LogP contribution is -2.28. The second-order valence-electron chi connectivity index (χ2n) is 6.85. The van der Waals surface area contributed by atoms with Crippen molar-refractivity contribution in [2.45, 2.75) is 19.9 Å². The summed E-state index contributed by atoms with van der Waals surface area (Å²) in [7, 11) is -3.42. The van der Waals surface area contributed by atoms with Crippen molar-refractivity contribution in [3.8, 4) is 11.3 Å². The van der Waals surface area contributed by atoms with Gasteiger partial charge in [0.05, 0.1) is 34.9 Å². The number of pyridine rings is 1. The van der Waals surface area contributed by atoms with Crippen LogP contribution < -0.4 is 10.0 Å². The summed E-state index contributed by atoms with van der Waals surface area (Å²) in [6.45, 7) is 3.60. The van der Waals surface area contributed by atoms with Gasteiger partial charge in [0.25, 0.3) is 5.91 Å². The van der Waals surface area contributed by atoms with Gasteiger partial charge in [0.2, 0.25) is 10.0 Å². The first-order chi connectivity index (χ1) is 13.7. The molecule has 0 aliphatic carbocycles. The van der Waals surface area contributed by atoms with E-state index < -0.39 is 16.1 Å². The lowest BCUT2D eigenvalue weighted by atomic mass is 10.0. The molecule has 1 aromatic heterocycles. The number of nitrogens with one attached hydrogen (secondary N) is 2. The average Bonchev–Trinajstić information content (AvgIpc) is 2.67. The van der Waals surface area contributed by atoms with E-state index >= 15 is 0 Å². The fourth-order valence-corrected chi connectivity index (χ4v) is 3.68. The first-order valence-corrected chi connectivity index (χ1v) is 11.0. The Bertz CT molecular complexity index is 1130. The molecule has 0 saturated heterocycles. The molecule has 150 valence electrons. The van der Waals surface area contributed by atoms with Crippen LogP contribution in [-0.4, -0.2) is 25.6 Å². The Labute approximate surface area is 171 Å². The van der Waals surface area contributed by atoms with Crippen LogP contribution in [0.2, 0.25) is 0 Å². The van der Waals surface area contributed by atoms with Gasteiger partial charge in [-0.05, 0) is 37.6 Å². The van der Waals surface area contributed by atoms with E-state index in [9.17, 15) is 13.2 Å². The van der Waals surface area contributed by atoms with Gasteiger partial charge in [0, 0.05) is 5.56 Å². The van der Waals surface area contributed by atoms with Crippen LogP contribution in [0.4, 0.5) is 5.69 Å². The zero-order valence-electron chi connectivity index (χ0n) is 16.5. The molecule has 3 rings (SSSR count). The molecule has 0 radical (unpaired) electrons. The maximum atomic E-state index is 12.8. The van der Waals surface area contributed by atoms with Crippen LogP contribution >= 0.6 is 0 Å². The highest BCUT2D eigenvalue weighted by atomic mass is 32.2. The van der Waals surface area contributed by atoms with Crippen molar-refractivity contribution in [2.24, 2.45) is 0 Å². The molecule has 0 spiro atoms. The highest BCUT2D eigenvalue weighted by Gasteiger charge is 2.18. The number of anilines is 1. The van der Waals surface area contributed by atoms with E-state index in [1.54, 1.807) is 37.3 Å². The van der Waals surface area contributed by atoms with Crippen molar-refractivity contribution in [3.63, 3.8) is 0 Å². The molecule has 0 fully saturated rings. The van der Waals surface area contributed by atoms with Crippen molar-refractivity contribution in [1.29, 1.82) is 0 Å². The summed E-state index contributed by atoms with van der Waals surface area (Å²) in [5.74, 6) is -0.267. The molecule has 6 nitrogen and oxygen atoms in total. The Morgan fingerprint density at radius 2 is 1.62 bits per heavy atom. The fourth-order valence-electron chi connectivity index (χ4n) is 3.09. The molecule has 1 heterocycles. The number of sulfonamides is 1. The van der Waals surface area contributed by atoms with E-state index in [-0.39, 0.29) is 5.91 Å². The van der Waals surface area contributed by atoms with Crippen LogP contribution in [0.5, 0.6) is 0 Å². The summed E-state index contributed by atoms with van der Waals surface area (Å²) >= 11 is 0. The minimum absolute atomic E-state index is 0.267. The third kappa shape index (κ3) is 5.20. The van der Waals surface area contributed by atoms with E-state index in [1.807, 2.05) is 43.3 Å². The molecule has 2 N–H and O–H groups in total. The molecule has 1 amide bonds. The second kappa shape index (κ2) is 8.45. The molecule has 3 aromatic rings. The Morgan fingerprint density at radius 3 is 2.28 bits per heavy atom. The fraction of sp³-hybridized carbons (Fsp3) is 0.182. The normalized spacial score (nSPS) is 12.2. The summed E-state index contributed by atoms with van der Waals surface area (Å²) in [5, 5.41) is 2.92. The standard InChI is InChI=1S/C22H23N3O3S/c1-15(18-11-7-8-12-21(18)25-29(3,27)28)24-22(26)19-13-14-20(23-16(19)2)17-9-5-4-6-10-17/h4-15,25H,1-3H3,(H,24,26). The van der Waals surface area contributed by atoms with Crippen LogP contribution in [0.3, 0.4) is 0 Å². The van der Waals surface area contributed by atoms with Crippen LogP contribution in [0, 0.1) is 6.92 Å². The van der Waals surface area contributed by atoms with Crippen molar-refractivity contribution in [3.05, 3.63) is 83.6 Å². The minimum Gasteiger partial charge on any atom is -0.345 e. The van der Waals surface area contributed by atoms with Crippen LogP contribution in [0.25, 0.3) is 11.3 Å². The van der Waals surface area contributed by atoms with Crippen LogP contribution in [0.15, 0.2) is 66.7 Å². The maximum absolute atomic E-state index is 12.8. The van der Waals surface area contributed by atoms with Crippen molar-refractivity contribution < 1.29 is 13.2 Å². The predicted molar refractivity (Wildman–Crippen MR) is 115 cm³/mol. The van der Waals surface area contributed by atoms with Crippen molar-refractivity contribution >= 4 is 21.6 Å². The summed E-state index contributed by atoms with van der Waals surface area (Å²) in [6.07, 6.45) is 1.09. The number of aryl methyl sites for hydroxylation is 1. The highest BCUT2D eigenvalue weighted by molar-refractivity contribution is 7.92. The van der Waals surface area contributed by atoms with Gasteiger partial charge in [-0.1, -0.05) is 48.5 Å². The van der Waals surface area contributed by atoms with Gasteiger partial charge in [-0.3, -0.25) is 14.5 Å². The zero-order chi connectivity index (χ0) is 21.0. The highest BCUT2D eigenvalue weighted by Crippen LogP contribution is 2.24. The van der Waals surface area contributed by atoms with E-state index in [2.05, 4.69) is 15.0 Å². The van der Waals surface area contributed by atoms with E-state index in [0.29, 0.717) is 22.5 Å². The summed E-state index contributed by atoms with van der Waals surface area (Å²) in [4.78, 5) is 17.4. The van der Waals surface area contributed by atoms with E-state index in [0.717, 1.165) is 17.5 Å². The van der Waals surface area contributed by atoms with Gasteiger partial charge in [0.1, 0.15) is 0 Å². The summed E-state index contributed by atoms with van der Waals surface area (Å²) in [6, 6.07) is 19.9. The first kappa shape index (κ1) is 20.5. The summed E-state index contributed by atoms with van der Waals surface area (Å²) < 4.78 is 25.7. The van der Waals surface area contributed by atoms with Gasteiger partial charge in [-0.25, -0.2) is 8.42 Å². The SMILES string of the molecule is Cc1nc(-c2ccccc2)ccc1C(=O)NC(C)c1ccccc1NS(C)(=O)=O. The maximum Gasteiger partial charge on any atom is 0.253 e. The number of amides is 1. The zero-order valence-corrected chi connectivity index (χ0v) is 17.3. The predicted octanol–water partition coefficient (Wildman–Crippen LogP) is 3.92. The Kier molecular flexibility index (Phi) is 5.98. The smallest absolute Gasteiger partial charge is 0.253 e. The third-order valence-corrected chi connectivity index (χ3v) is 5.06. The van der Waals surface area contributed by atoms with Crippen molar-refractivity contribution in [2.75, 3.05) is 11.0 Å². The number of hydrogen-bond acceptors (Lipinski definition) is 4. The Hall–Kier alpha value is -3.19. The monoisotopic (exact) mass is 409 g/mol. The van der Waals surface area contributed by atoms with Crippen molar-refractivity contribution in [1.82, 2.24) is 10.3 Å². The van der Waals surface area contributed by atoms with Gasteiger partial charge in [-0.2, -0.15) is 0 Å².